The van der Waals surface area contributed by atoms with E-state index in [9.17, 15) is 9.59 Å². The molecule has 0 unspecified atom stereocenters. The Morgan fingerprint density at radius 2 is 1.71 bits per heavy atom. The van der Waals surface area contributed by atoms with Crippen LogP contribution in [0.1, 0.15) is 22.8 Å². The Morgan fingerprint density at radius 3 is 2.29 bits per heavy atom. The second kappa shape index (κ2) is 6.65. The van der Waals surface area contributed by atoms with E-state index in [1.54, 1.807) is 36.5 Å². The first-order chi connectivity index (χ1) is 10.1. The molecule has 0 bridgehead atoms. The second-order valence-corrected chi connectivity index (χ2v) is 4.68. The van der Waals surface area contributed by atoms with Gasteiger partial charge in [-0.1, -0.05) is 12.1 Å². The number of amides is 2. The number of rotatable bonds is 4. The lowest BCUT2D eigenvalue weighted by Gasteiger charge is -2.17. The van der Waals surface area contributed by atoms with E-state index in [0.29, 0.717) is 12.1 Å². The van der Waals surface area contributed by atoms with Gasteiger partial charge in [0.05, 0.1) is 0 Å². The smallest absolute Gasteiger partial charge is 0.258 e. The number of hydrogen-bond donors (Lipinski definition) is 1. The molecule has 0 atom stereocenters. The summed E-state index contributed by atoms with van der Waals surface area (Å²) in [6.07, 6.45) is 3.19. The summed E-state index contributed by atoms with van der Waals surface area (Å²) in [6.45, 7) is 1.97. The van der Waals surface area contributed by atoms with Crippen LogP contribution in [0.2, 0.25) is 0 Å². The summed E-state index contributed by atoms with van der Waals surface area (Å²) in [5, 5.41) is 2.73. The molecule has 2 rings (SSSR count). The van der Waals surface area contributed by atoms with Crippen LogP contribution in [0.15, 0.2) is 48.8 Å². The Bertz CT molecular complexity index is 624. The van der Waals surface area contributed by atoms with E-state index in [0.717, 1.165) is 11.3 Å². The zero-order valence-corrected chi connectivity index (χ0v) is 12.0. The molecule has 2 amide bonds. The Labute approximate surface area is 123 Å². The minimum atomic E-state index is -0.0907. The highest BCUT2D eigenvalue weighted by Crippen LogP contribution is 2.16. The maximum absolute atomic E-state index is 12.3. The first kappa shape index (κ1) is 14.7. The Kier molecular flexibility index (Phi) is 4.66. The molecule has 5 heteroatoms. The molecule has 1 N–H and O–H groups in total. The van der Waals surface area contributed by atoms with E-state index < -0.39 is 0 Å². The highest BCUT2D eigenvalue weighted by atomic mass is 16.2. The minimum Gasteiger partial charge on any atom is -0.352 e. The monoisotopic (exact) mass is 283 g/mol. The summed E-state index contributed by atoms with van der Waals surface area (Å²) < 4.78 is 0. The fourth-order valence-electron chi connectivity index (χ4n) is 1.87. The predicted octanol–water partition coefficient (Wildman–Crippen LogP) is 1.99. The van der Waals surface area contributed by atoms with Crippen LogP contribution in [0.25, 0.3) is 0 Å². The number of pyridine rings is 1. The van der Waals surface area contributed by atoms with Crippen molar-refractivity contribution in [1.29, 1.82) is 0 Å². The average Bonchev–Trinajstić information content (AvgIpc) is 2.53. The molecule has 1 aromatic carbocycles. The largest absolute Gasteiger partial charge is 0.352 e. The zero-order valence-electron chi connectivity index (χ0n) is 12.0. The number of anilines is 1. The average molecular weight is 283 g/mol. The van der Waals surface area contributed by atoms with Crippen molar-refractivity contribution >= 4 is 17.5 Å². The van der Waals surface area contributed by atoms with E-state index in [4.69, 9.17) is 0 Å². The molecule has 0 saturated carbocycles. The highest BCUT2D eigenvalue weighted by molar-refractivity contribution is 6.05. The molecule has 1 aromatic heterocycles. The molecular weight excluding hydrogens is 266 g/mol. The van der Waals surface area contributed by atoms with E-state index in [2.05, 4.69) is 10.3 Å². The van der Waals surface area contributed by atoms with Gasteiger partial charge in [-0.05, 0) is 29.8 Å². The van der Waals surface area contributed by atoms with Crippen LogP contribution in [0.3, 0.4) is 0 Å². The lowest BCUT2D eigenvalue weighted by molar-refractivity contribution is -0.119. The number of benzene rings is 1. The maximum atomic E-state index is 12.3. The van der Waals surface area contributed by atoms with Crippen molar-refractivity contribution in [2.75, 3.05) is 11.9 Å². The van der Waals surface area contributed by atoms with Gasteiger partial charge in [-0.15, -0.1) is 0 Å². The third-order valence-electron chi connectivity index (χ3n) is 3.10. The molecule has 0 aliphatic heterocycles. The number of carbonyl (C=O) groups excluding carboxylic acids is 2. The van der Waals surface area contributed by atoms with Crippen LogP contribution in [0.5, 0.6) is 0 Å². The van der Waals surface area contributed by atoms with Gasteiger partial charge < -0.3 is 10.2 Å². The van der Waals surface area contributed by atoms with Crippen LogP contribution in [0, 0.1) is 0 Å². The van der Waals surface area contributed by atoms with Gasteiger partial charge in [-0.25, -0.2) is 0 Å². The molecule has 5 nitrogen and oxygen atoms in total. The van der Waals surface area contributed by atoms with Gasteiger partial charge in [0.1, 0.15) is 0 Å². The molecule has 0 fully saturated rings. The van der Waals surface area contributed by atoms with Crippen LogP contribution < -0.4 is 10.2 Å². The van der Waals surface area contributed by atoms with Gasteiger partial charge in [-0.3, -0.25) is 14.6 Å². The minimum absolute atomic E-state index is 0.0657. The number of nitrogens with one attached hydrogen (secondary N) is 1. The van der Waals surface area contributed by atoms with Gasteiger partial charge in [0.25, 0.3) is 5.91 Å². The van der Waals surface area contributed by atoms with Gasteiger partial charge in [0.15, 0.2) is 0 Å². The van der Waals surface area contributed by atoms with Crippen LogP contribution >= 0.6 is 0 Å². The molecule has 21 heavy (non-hydrogen) atoms. The standard InChI is InChI=1S/C16H17N3O2/c1-12(20)18-11-13-3-5-15(6-4-13)19(2)16(21)14-7-9-17-10-8-14/h3-10H,11H2,1-2H3,(H,18,20). The van der Waals surface area contributed by atoms with Gasteiger partial charge in [0.2, 0.25) is 5.91 Å². The Balaban J connectivity index is 2.07. The second-order valence-electron chi connectivity index (χ2n) is 4.68. The van der Waals surface area contributed by atoms with E-state index in [-0.39, 0.29) is 11.8 Å². The van der Waals surface area contributed by atoms with Crippen LogP contribution in [-0.4, -0.2) is 23.8 Å². The van der Waals surface area contributed by atoms with Crippen molar-refractivity contribution in [3.8, 4) is 0 Å². The Morgan fingerprint density at radius 1 is 1.10 bits per heavy atom. The van der Waals surface area contributed by atoms with Gasteiger partial charge in [-0.2, -0.15) is 0 Å². The number of aromatic nitrogens is 1. The summed E-state index contributed by atoms with van der Waals surface area (Å²) in [4.78, 5) is 28.6. The highest BCUT2D eigenvalue weighted by Gasteiger charge is 2.12. The summed E-state index contributed by atoms with van der Waals surface area (Å²) in [5.74, 6) is -0.156. The summed E-state index contributed by atoms with van der Waals surface area (Å²) in [7, 11) is 1.73. The fourth-order valence-corrected chi connectivity index (χ4v) is 1.87. The quantitative estimate of drug-likeness (QED) is 0.933. The summed E-state index contributed by atoms with van der Waals surface area (Å²) >= 11 is 0. The number of carbonyl (C=O) groups is 2. The molecule has 2 aromatic rings. The normalized spacial score (nSPS) is 10.0. The third kappa shape index (κ3) is 3.89. The lowest BCUT2D eigenvalue weighted by Crippen LogP contribution is -2.26. The van der Waals surface area contributed by atoms with E-state index in [1.807, 2.05) is 24.3 Å². The maximum Gasteiger partial charge on any atom is 0.258 e. The summed E-state index contributed by atoms with van der Waals surface area (Å²) in [6, 6.07) is 10.9. The summed E-state index contributed by atoms with van der Waals surface area (Å²) in [5.41, 5.74) is 2.37. The van der Waals surface area contributed by atoms with Gasteiger partial charge >= 0.3 is 0 Å². The van der Waals surface area contributed by atoms with Gasteiger partial charge in [0, 0.05) is 44.2 Å². The molecule has 0 radical (unpaired) electrons. The van der Waals surface area contributed by atoms with Crippen molar-refractivity contribution in [2.45, 2.75) is 13.5 Å². The first-order valence-corrected chi connectivity index (χ1v) is 6.59. The fraction of sp³-hybridized carbons (Fsp3) is 0.188. The Hall–Kier alpha value is -2.69. The van der Waals surface area contributed by atoms with Crippen LogP contribution in [0.4, 0.5) is 5.69 Å². The SMILES string of the molecule is CC(=O)NCc1ccc(N(C)C(=O)c2ccncc2)cc1. The molecule has 0 spiro atoms. The molecular formula is C16H17N3O2. The molecule has 0 aliphatic rings. The number of nitrogens with zero attached hydrogens (tertiary/aromatic N) is 2. The van der Waals surface area contributed by atoms with Crippen molar-refractivity contribution in [1.82, 2.24) is 10.3 Å². The number of hydrogen-bond acceptors (Lipinski definition) is 3. The lowest BCUT2D eigenvalue weighted by atomic mass is 10.1. The van der Waals surface area contributed by atoms with E-state index >= 15 is 0 Å². The zero-order chi connectivity index (χ0) is 15.2. The van der Waals surface area contributed by atoms with Crippen LogP contribution in [-0.2, 0) is 11.3 Å². The first-order valence-electron chi connectivity index (χ1n) is 6.59. The molecule has 0 saturated heterocycles. The van der Waals surface area contributed by atoms with Crippen molar-refractivity contribution in [3.05, 3.63) is 59.9 Å². The topological polar surface area (TPSA) is 62.3 Å². The molecule has 0 aliphatic carbocycles. The third-order valence-corrected chi connectivity index (χ3v) is 3.10. The van der Waals surface area contributed by atoms with Crippen molar-refractivity contribution < 1.29 is 9.59 Å². The molecule has 1 heterocycles. The molecule has 108 valence electrons. The van der Waals surface area contributed by atoms with Crippen molar-refractivity contribution in [3.63, 3.8) is 0 Å². The van der Waals surface area contributed by atoms with E-state index in [1.165, 1.54) is 6.92 Å². The van der Waals surface area contributed by atoms with Crippen molar-refractivity contribution in [2.24, 2.45) is 0 Å². The predicted molar refractivity (Wildman–Crippen MR) is 80.9 cm³/mol.